The third-order valence-electron chi connectivity index (χ3n) is 6.92. The van der Waals surface area contributed by atoms with E-state index in [1.807, 2.05) is 0 Å². The van der Waals surface area contributed by atoms with Crippen molar-refractivity contribution >= 4 is 5.97 Å². The van der Waals surface area contributed by atoms with Crippen LogP contribution in [0.2, 0.25) is 0 Å². The van der Waals surface area contributed by atoms with E-state index in [0.29, 0.717) is 37.7 Å². The summed E-state index contributed by atoms with van der Waals surface area (Å²) < 4.78 is 40.3. The summed E-state index contributed by atoms with van der Waals surface area (Å²) in [4.78, 5) is 12.2. The maximum absolute atomic E-state index is 12.2. The van der Waals surface area contributed by atoms with Crippen LogP contribution in [0.25, 0.3) is 0 Å². The molecular weight excluding hydrogens is 432 g/mol. The Labute approximate surface area is 196 Å². The van der Waals surface area contributed by atoms with Crippen LogP contribution < -0.4 is 0 Å². The number of rotatable bonds is 12. The average Bonchev–Trinajstić information content (AvgIpc) is 3.53. The van der Waals surface area contributed by atoms with Gasteiger partial charge in [-0.1, -0.05) is 19.6 Å². The molecule has 0 aromatic heterocycles. The van der Waals surface area contributed by atoms with Crippen LogP contribution in [0.5, 0.6) is 0 Å². The van der Waals surface area contributed by atoms with Crippen LogP contribution in [0.4, 0.5) is 0 Å². The van der Waals surface area contributed by atoms with E-state index in [4.69, 9.17) is 33.2 Å². The molecule has 0 aromatic carbocycles. The van der Waals surface area contributed by atoms with Crippen molar-refractivity contribution in [2.45, 2.75) is 88.0 Å². The molecule has 3 aliphatic rings. The van der Waals surface area contributed by atoms with Crippen molar-refractivity contribution in [2.75, 3.05) is 34.5 Å². The predicted octanol–water partition coefficient (Wildman–Crippen LogP) is 1.85. The standard InChI is InChI=1S/C24H40O9/c1-6-7-30-21(26)12-17-10-15(9-16(32-17)11-19(25)18-8-14(18)2)33-24-23(29-5)22(28-4)20(27-3)13-31-24/h6,14-20,22-25H,1,7-13H2,2-5H3/t14-,15+,16+,17-,18-,19+,20-,22+,23-,24+/m1/s1. The highest BCUT2D eigenvalue weighted by Crippen LogP contribution is 2.43. The highest BCUT2D eigenvalue weighted by molar-refractivity contribution is 5.70. The molecule has 3 fully saturated rings. The van der Waals surface area contributed by atoms with Crippen molar-refractivity contribution in [3.05, 3.63) is 12.7 Å². The van der Waals surface area contributed by atoms with E-state index in [1.165, 1.54) is 6.08 Å². The van der Waals surface area contributed by atoms with Crippen molar-refractivity contribution in [1.29, 1.82) is 0 Å². The topological polar surface area (TPSA) is 102 Å². The molecule has 1 aliphatic carbocycles. The number of aliphatic hydroxyl groups is 1. The Balaban J connectivity index is 1.64. The van der Waals surface area contributed by atoms with Gasteiger partial charge >= 0.3 is 5.97 Å². The van der Waals surface area contributed by atoms with Crippen molar-refractivity contribution < 1.29 is 43.1 Å². The summed E-state index contributed by atoms with van der Waals surface area (Å²) in [6, 6.07) is 0. The molecule has 0 bridgehead atoms. The lowest BCUT2D eigenvalue weighted by molar-refractivity contribution is -0.302. The molecule has 0 spiro atoms. The first kappa shape index (κ1) is 26.5. The first-order chi connectivity index (χ1) is 15.9. The summed E-state index contributed by atoms with van der Waals surface area (Å²) in [5, 5.41) is 10.6. The van der Waals surface area contributed by atoms with Crippen LogP contribution >= 0.6 is 0 Å². The van der Waals surface area contributed by atoms with Crippen LogP contribution in [-0.2, 0) is 38.0 Å². The van der Waals surface area contributed by atoms with Gasteiger partial charge in [-0.05, 0) is 24.7 Å². The summed E-state index contributed by atoms with van der Waals surface area (Å²) >= 11 is 0. The normalized spacial score (nSPS) is 39.6. The number of hydrogen-bond acceptors (Lipinski definition) is 9. The minimum Gasteiger partial charge on any atom is -0.461 e. The fourth-order valence-corrected chi connectivity index (χ4v) is 4.97. The molecule has 3 rings (SSSR count). The number of methoxy groups -OCH3 is 3. The van der Waals surface area contributed by atoms with Gasteiger partial charge in [0.05, 0.1) is 37.4 Å². The van der Waals surface area contributed by atoms with Crippen molar-refractivity contribution in [1.82, 2.24) is 0 Å². The molecule has 2 heterocycles. The zero-order chi connectivity index (χ0) is 24.0. The van der Waals surface area contributed by atoms with Gasteiger partial charge in [-0.3, -0.25) is 4.79 Å². The summed E-state index contributed by atoms with van der Waals surface area (Å²) in [6.07, 6.45) is 1.35. The molecule has 9 nitrogen and oxygen atoms in total. The molecule has 1 N–H and O–H groups in total. The number of carbonyl (C=O) groups is 1. The molecule has 2 saturated heterocycles. The van der Waals surface area contributed by atoms with Crippen LogP contribution in [0.3, 0.4) is 0 Å². The molecular formula is C24H40O9. The Morgan fingerprint density at radius 3 is 2.42 bits per heavy atom. The van der Waals surface area contributed by atoms with E-state index in [9.17, 15) is 9.90 Å². The van der Waals surface area contributed by atoms with Crippen LogP contribution in [0.15, 0.2) is 12.7 Å². The fourth-order valence-electron chi connectivity index (χ4n) is 4.97. The second kappa shape index (κ2) is 12.6. The Hall–Kier alpha value is -1.07. The summed E-state index contributed by atoms with van der Waals surface area (Å²) in [5.74, 6) is 0.513. The van der Waals surface area contributed by atoms with Crippen molar-refractivity contribution in [3.63, 3.8) is 0 Å². The Bertz CT molecular complexity index is 629. The maximum atomic E-state index is 12.2. The summed E-state index contributed by atoms with van der Waals surface area (Å²) in [6.45, 7) is 6.20. The molecule has 1 saturated carbocycles. The number of ether oxygens (including phenoxy) is 7. The largest absolute Gasteiger partial charge is 0.461 e. The van der Waals surface area contributed by atoms with Crippen LogP contribution in [0, 0.1) is 11.8 Å². The zero-order valence-corrected chi connectivity index (χ0v) is 20.2. The van der Waals surface area contributed by atoms with Gasteiger partial charge in [-0.15, -0.1) is 0 Å². The van der Waals surface area contributed by atoms with Crippen molar-refractivity contribution in [2.24, 2.45) is 11.8 Å². The van der Waals surface area contributed by atoms with Gasteiger partial charge in [0.25, 0.3) is 0 Å². The lowest BCUT2D eigenvalue weighted by atomic mass is 9.94. The third-order valence-corrected chi connectivity index (χ3v) is 6.92. The molecule has 0 unspecified atom stereocenters. The first-order valence-corrected chi connectivity index (χ1v) is 11.9. The molecule has 0 aromatic rings. The van der Waals surface area contributed by atoms with Gasteiger partial charge < -0.3 is 38.3 Å². The molecule has 190 valence electrons. The molecule has 2 aliphatic heterocycles. The minimum absolute atomic E-state index is 0.117. The number of aliphatic hydroxyl groups excluding tert-OH is 1. The zero-order valence-electron chi connectivity index (χ0n) is 20.2. The number of carbonyl (C=O) groups excluding carboxylic acids is 1. The van der Waals surface area contributed by atoms with E-state index in [2.05, 4.69) is 13.5 Å². The predicted molar refractivity (Wildman–Crippen MR) is 119 cm³/mol. The Kier molecular flexibility index (Phi) is 10.1. The van der Waals surface area contributed by atoms with Crippen LogP contribution in [0.1, 0.15) is 39.0 Å². The van der Waals surface area contributed by atoms with E-state index >= 15 is 0 Å². The highest BCUT2D eigenvalue weighted by Gasteiger charge is 2.45. The Morgan fingerprint density at radius 2 is 1.82 bits per heavy atom. The molecule has 33 heavy (non-hydrogen) atoms. The SMILES string of the molecule is C=CCOC(=O)C[C@H]1C[C@@H](O[C@@H]2OC[C@@H](OC)[C@H](OC)[C@H]2OC)C[C@@H](C[C@H](O)[C@@H]2C[C@H]2C)O1. The van der Waals surface area contributed by atoms with Gasteiger partial charge in [-0.2, -0.15) is 0 Å². The number of esters is 1. The monoisotopic (exact) mass is 472 g/mol. The van der Waals surface area contributed by atoms with Gasteiger partial charge in [0, 0.05) is 34.2 Å². The highest BCUT2D eigenvalue weighted by atomic mass is 16.7. The van der Waals surface area contributed by atoms with Crippen LogP contribution in [-0.4, -0.2) is 94.6 Å². The second-order valence-electron chi connectivity index (χ2n) is 9.34. The van der Waals surface area contributed by atoms with E-state index in [-0.39, 0.29) is 49.5 Å². The van der Waals surface area contributed by atoms with Gasteiger partial charge in [0.2, 0.25) is 0 Å². The quantitative estimate of drug-likeness (QED) is 0.337. The maximum Gasteiger partial charge on any atom is 0.308 e. The summed E-state index contributed by atoms with van der Waals surface area (Å²) in [5.41, 5.74) is 0. The second-order valence-corrected chi connectivity index (χ2v) is 9.34. The van der Waals surface area contributed by atoms with E-state index < -0.39 is 18.5 Å². The van der Waals surface area contributed by atoms with E-state index in [0.717, 1.165) is 6.42 Å². The van der Waals surface area contributed by atoms with Crippen molar-refractivity contribution in [3.8, 4) is 0 Å². The molecule has 0 amide bonds. The van der Waals surface area contributed by atoms with Gasteiger partial charge in [0.15, 0.2) is 6.29 Å². The third kappa shape index (κ3) is 7.21. The minimum atomic E-state index is -0.642. The fraction of sp³-hybridized carbons (Fsp3) is 0.875. The van der Waals surface area contributed by atoms with E-state index in [1.54, 1.807) is 21.3 Å². The lowest BCUT2D eigenvalue weighted by Gasteiger charge is -2.43. The first-order valence-electron chi connectivity index (χ1n) is 11.9. The number of hydrogen-bond donors (Lipinski definition) is 1. The lowest BCUT2D eigenvalue weighted by Crippen LogP contribution is -2.57. The van der Waals surface area contributed by atoms with Gasteiger partial charge in [-0.25, -0.2) is 0 Å². The smallest absolute Gasteiger partial charge is 0.308 e. The average molecular weight is 473 g/mol. The Morgan fingerprint density at radius 1 is 1.12 bits per heavy atom. The molecule has 10 atom stereocenters. The summed E-state index contributed by atoms with van der Waals surface area (Å²) in [7, 11) is 4.81. The molecule has 9 heteroatoms. The molecule has 0 radical (unpaired) electrons. The van der Waals surface area contributed by atoms with Gasteiger partial charge in [0.1, 0.15) is 24.9 Å².